The van der Waals surface area contributed by atoms with E-state index in [9.17, 15) is 8.42 Å². The molecule has 1 N–H and O–H groups in total. The molecule has 0 aliphatic heterocycles. The number of halogens is 2. The SMILES string of the molecule is COc1ccc(C)cc1NS(=O)(=O)c1ccc(Cl)c(Cl)c1. The molecule has 0 amide bonds. The quantitative estimate of drug-likeness (QED) is 0.906. The average molecular weight is 346 g/mol. The van der Waals surface area contributed by atoms with E-state index in [0.29, 0.717) is 16.5 Å². The summed E-state index contributed by atoms with van der Waals surface area (Å²) in [7, 11) is -2.30. The first-order valence-electron chi connectivity index (χ1n) is 5.96. The fourth-order valence-corrected chi connectivity index (χ4v) is 3.20. The van der Waals surface area contributed by atoms with Crippen molar-refractivity contribution < 1.29 is 13.2 Å². The van der Waals surface area contributed by atoms with Gasteiger partial charge in [-0.2, -0.15) is 0 Å². The minimum atomic E-state index is -3.78. The number of methoxy groups -OCH3 is 1. The van der Waals surface area contributed by atoms with Gasteiger partial charge in [0, 0.05) is 0 Å². The Hall–Kier alpha value is -1.43. The molecule has 2 rings (SSSR count). The molecule has 0 aliphatic rings. The number of hydrogen-bond donors (Lipinski definition) is 1. The lowest BCUT2D eigenvalue weighted by molar-refractivity contribution is 0.417. The minimum Gasteiger partial charge on any atom is -0.495 e. The van der Waals surface area contributed by atoms with Crippen LogP contribution in [0.4, 0.5) is 5.69 Å². The van der Waals surface area contributed by atoms with Gasteiger partial charge in [0.25, 0.3) is 10.0 Å². The first kappa shape index (κ1) is 15.9. The van der Waals surface area contributed by atoms with Gasteiger partial charge in [0.05, 0.1) is 27.7 Å². The van der Waals surface area contributed by atoms with Crippen LogP contribution in [0.1, 0.15) is 5.56 Å². The van der Waals surface area contributed by atoms with E-state index in [4.69, 9.17) is 27.9 Å². The van der Waals surface area contributed by atoms with Gasteiger partial charge >= 0.3 is 0 Å². The Morgan fingerprint density at radius 2 is 1.76 bits per heavy atom. The van der Waals surface area contributed by atoms with Gasteiger partial charge in [-0.05, 0) is 42.8 Å². The maximum atomic E-state index is 12.4. The van der Waals surface area contributed by atoms with E-state index < -0.39 is 10.0 Å². The molecule has 4 nitrogen and oxygen atoms in total. The summed E-state index contributed by atoms with van der Waals surface area (Å²) in [6, 6.07) is 9.34. The molecule has 112 valence electrons. The van der Waals surface area contributed by atoms with E-state index in [-0.39, 0.29) is 9.92 Å². The average Bonchev–Trinajstić information content (AvgIpc) is 2.41. The summed E-state index contributed by atoms with van der Waals surface area (Å²) in [5.74, 6) is 0.434. The zero-order chi connectivity index (χ0) is 15.6. The summed E-state index contributed by atoms with van der Waals surface area (Å²) in [5.41, 5.74) is 1.27. The molecule has 21 heavy (non-hydrogen) atoms. The van der Waals surface area contributed by atoms with E-state index >= 15 is 0 Å². The predicted molar refractivity (Wildman–Crippen MR) is 85.0 cm³/mol. The molecule has 0 aromatic heterocycles. The smallest absolute Gasteiger partial charge is 0.262 e. The van der Waals surface area contributed by atoms with Crippen molar-refractivity contribution in [2.24, 2.45) is 0 Å². The highest BCUT2D eigenvalue weighted by Gasteiger charge is 2.17. The zero-order valence-electron chi connectivity index (χ0n) is 11.4. The maximum absolute atomic E-state index is 12.4. The molecular formula is C14H13Cl2NO3S. The number of aryl methyl sites for hydroxylation is 1. The summed E-state index contributed by atoms with van der Waals surface area (Å²) >= 11 is 11.6. The van der Waals surface area contributed by atoms with Crippen molar-refractivity contribution in [2.45, 2.75) is 11.8 Å². The summed E-state index contributed by atoms with van der Waals surface area (Å²) in [6.45, 7) is 1.86. The van der Waals surface area contributed by atoms with Crippen LogP contribution >= 0.6 is 23.2 Å². The molecule has 2 aromatic rings. The summed E-state index contributed by atoms with van der Waals surface area (Å²) in [4.78, 5) is 0.0282. The molecule has 0 spiro atoms. The Morgan fingerprint density at radius 3 is 2.38 bits per heavy atom. The van der Waals surface area contributed by atoms with E-state index in [1.807, 2.05) is 13.0 Å². The number of benzene rings is 2. The Bertz CT molecular complexity index is 776. The van der Waals surface area contributed by atoms with Crippen molar-refractivity contribution in [2.75, 3.05) is 11.8 Å². The van der Waals surface area contributed by atoms with Gasteiger partial charge in [0.2, 0.25) is 0 Å². The summed E-state index contributed by atoms with van der Waals surface area (Å²) in [6.07, 6.45) is 0. The molecular weight excluding hydrogens is 333 g/mol. The van der Waals surface area contributed by atoms with Gasteiger partial charge in [0.1, 0.15) is 5.75 Å². The lowest BCUT2D eigenvalue weighted by Gasteiger charge is -2.13. The second-order valence-electron chi connectivity index (χ2n) is 4.39. The number of hydrogen-bond acceptors (Lipinski definition) is 3. The molecule has 0 radical (unpaired) electrons. The fraction of sp³-hybridized carbons (Fsp3) is 0.143. The molecule has 0 fully saturated rings. The van der Waals surface area contributed by atoms with Crippen LogP contribution in [-0.4, -0.2) is 15.5 Å². The number of sulfonamides is 1. The predicted octanol–water partition coefficient (Wildman–Crippen LogP) is 4.11. The van der Waals surface area contributed by atoms with E-state index in [2.05, 4.69) is 4.72 Å². The van der Waals surface area contributed by atoms with Gasteiger partial charge in [0.15, 0.2) is 0 Å². The van der Waals surface area contributed by atoms with Gasteiger partial charge in [-0.1, -0.05) is 29.3 Å². The van der Waals surface area contributed by atoms with E-state index in [1.165, 1.54) is 25.3 Å². The van der Waals surface area contributed by atoms with Crippen LogP contribution in [0.2, 0.25) is 10.0 Å². The van der Waals surface area contributed by atoms with E-state index in [1.54, 1.807) is 12.1 Å². The lowest BCUT2D eigenvalue weighted by Crippen LogP contribution is -2.13. The van der Waals surface area contributed by atoms with Gasteiger partial charge in [-0.15, -0.1) is 0 Å². The van der Waals surface area contributed by atoms with Gasteiger partial charge < -0.3 is 4.74 Å². The van der Waals surface area contributed by atoms with Crippen molar-refractivity contribution in [3.63, 3.8) is 0 Å². The molecule has 0 unspecified atom stereocenters. The van der Waals surface area contributed by atoms with Crippen molar-refractivity contribution >= 4 is 38.9 Å². The molecule has 0 saturated carbocycles. The third kappa shape index (κ3) is 3.61. The van der Waals surface area contributed by atoms with Crippen LogP contribution in [-0.2, 0) is 10.0 Å². The molecule has 0 bridgehead atoms. The summed E-state index contributed by atoms with van der Waals surface area (Å²) in [5, 5.41) is 0.472. The van der Waals surface area contributed by atoms with Crippen LogP contribution in [0, 0.1) is 6.92 Å². The van der Waals surface area contributed by atoms with Crippen molar-refractivity contribution in [3.05, 3.63) is 52.0 Å². The molecule has 2 aromatic carbocycles. The topological polar surface area (TPSA) is 55.4 Å². The third-order valence-electron chi connectivity index (χ3n) is 2.80. The maximum Gasteiger partial charge on any atom is 0.262 e. The minimum absolute atomic E-state index is 0.0282. The zero-order valence-corrected chi connectivity index (χ0v) is 13.7. The highest BCUT2D eigenvalue weighted by atomic mass is 35.5. The van der Waals surface area contributed by atoms with E-state index in [0.717, 1.165) is 5.56 Å². The summed E-state index contributed by atoms with van der Waals surface area (Å²) < 4.78 is 32.4. The standard InChI is InChI=1S/C14H13Cl2NO3S/c1-9-3-6-14(20-2)13(7-9)17-21(18,19)10-4-5-11(15)12(16)8-10/h3-8,17H,1-2H3. The second kappa shape index (κ2) is 6.13. The third-order valence-corrected chi connectivity index (χ3v) is 4.90. The van der Waals surface area contributed by atoms with Gasteiger partial charge in [-0.3, -0.25) is 4.72 Å². The van der Waals surface area contributed by atoms with Crippen molar-refractivity contribution in [1.82, 2.24) is 0 Å². The normalized spacial score (nSPS) is 11.2. The van der Waals surface area contributed by atoms with Crippen LogP contribution in [0.15, 0.2) is 41.3 Å². The fourth-order valence-electron chi connectivity index (χ4n) is 1.75. The first-order valence-corrected chi connectivity index (χ1v) is 8.20. The largest absolute Gasteiger partial charge is 0.495 e. The van der Waals surface area contributed by atoms with Crippen LogP contribution in [0.5, 0.6) is 5.75 Å². The highest BCUT2D eigenvalue weighted by Crippen LogP contribution is 2.30. The monoisotopic (exact) mass is 345 g/mol. The molecule has 0 aliphatic carbocycles. The van der Waals surface area contributed by atoms with Crippen LogP contribution in [0.3, 0.4) is 0 Å². The van der Waals surface area contributed by atoms with Crippen molar-refractivity contribution in [1.29, 1.82) is 0 Å². The second-order valence-corrected chi connectivity index (χ2v) is 6.88. The Balaban J connectivity index is 2.41. The molecule has 0 saturated heterocycles. The Kier molecular flexibility index (Phi) is 4.66. The number of rotatable bonds is 4. The Morgan fingerprint density at radius 1 is 1.05 bits per heavy atom. The van der Waals surface area contributed by atoms with Crippen LogP contribution in [0.25, 0.3) is 0 Å². The van der Waals surface area contributed by atoms with Crippen molar-refractivity contribution in [3.8, 4) is 5.75 Å². The lowest BCUT2D eigenvalue weighted by atomic mass is 10.2. The number of ether oxygens (including phenoxy) is 1. The van der Waals surface area contributed by atoms with Gasteiger partial charge in [-0.25, -0.2) is 8.42 Å². The first-order chi connectivity index (χ1) is 9.83. The molecule has 0 heterocycles. The number of nitrogens with one attached hydrogen (secondary N) is 1. The van der Waals surface area contributed by atoms with Crippen LogP contribution < -0.4 is 9.46 Å². The molecule has 0 atom stereocenters. The molecule has 7 heteroatoms. The number of anilines is 1. The highest BCUT2D eigenvalue weighted by molar-refractivity contribution is 7.92. The Labute approximate surface area is 133 Å².